The number of nitrogens with one attached hydrogen (secondary N) is 1. The zero-order valence-electron chi connectivity index (χ0n) is 16.2. The van der Waals surface area contributed by atoms with Gasteiger partial charge in [-0.1, -0.05) is 11.8 Å². The standard InChI is InChI=1S/C19H24N4O3S/c1-12-16(13(2)21-18(20-12)27-5)10-11-17(24)22-14-6-8-15(9-7-14)23(3)19(25)26-4/h6-9H,10-11H2,1-5H3,(H,22,24). The maximum Gasteiger partial charge on any atom is 0.413 e. The Hall–Kier alpha value is -2.61. The normalized spacial score (nSPS) is 10.4. The number of aryl methyl sites for hydroxylation is 2. The molecule has 1 heterocycles. The molecule has 27 heavy (non-hydrogen) atoms. The fraction of sp³-hybridized carbons (Fsp3) is 0.368. The van der Waals surface area contributed by atoms with Gasteiger partial charge in [0, 0.05) is 36.2 Å². The van der Waals surface area contributed by atoms with Crippen molar-refractivity contribution in [1.29, 1.82) is 0 Å². The van der Waals surface area contributed by atoms with E-state index in [4.69, 9.17) is 0 Å². The third-order valence-electron chi connectivity index (χ3n) is 4.17. The van der Waals surface area contributed by atoms with E-state index < -0.39 is 6.09 Å². The second-order valence-electron chi connectivity index (χ2n) is 5.98. The van der Waals surface area contributed by atoms with E-state index in [-0.39, 0.29) is 5.91 Å². The fourth-order valence-corrected chi connectivity index (χ4v) is 3.09. The maximum atomic E-state index is 12.3. The van der Waals surface area contributed by atoms with Gasteiger partial charge in [0.25, 0.3) is 0 Å². The van der Waals surface area contributed by atoms with Crippen LogP contribution in [0.3, 0.4) is 0 Å². The number of hydrogen-bond acceptors (Lipinski definition) is 6. The number of hydrogen-bond donors (Lipinski definition) is 1. The molecule has 0 aliphatic carbocycles. The minimum atomic E-state index is -0.452. The lowest BCUT2D eigenvalue weighted by Crippen LogP contribution is -2.25. The lowest BCUT2D eigenvalue weighted by molar-refractivity contribution is -0.116. The minimum absolute atomic E-state index is 0.0863. The highest BCUT2D eigenvalue weighted by atomic mass is 32.2. The molecule has 0 aliphatic heterocycles. The summed E-state index contributed by atoms with van der Waals surface area (Å²) in [5, 5.41) is 3.61. The van der Waals surface area contributed by atoms with E-state index in [1.54, 1.807) is 31.3 Å². The second kappa shape index (κ2) is 9.36. The summed E-state index contributed by atoms with van der Waals surface area (Å²) in [5.41, 5.74) is 4.18. The summed E-state index contributed by atoms with van der Waals surface area (Å²) in [6.07, 6.45) is 2.41. The van der Waals surface area contributed by atoms with Crippen molar-refractivity contribution in [2.24, 2.45) is 0 Å². The van der Waals surface area contributed by atoms with Gasteiger partial charge in [-0.15, -0.1) is 0 Å². The number of amides is 2. The topological polar surface area (TPSA) is 84.4 Å². The Morgan fingerprint density at radius 1 is 1.15 bits per heavy atom. The Bertz CT molecular complexity index is 801. The van der Waals surface area contributed by atoms with E-state index in [1.165, 1.54) is 23.8 Å². The van der Waals surface area contributed by atoms with Crippen molar-refractivity contribution < 1.29 is 14.3 Å². The van der Waals surface area contributed by atoms with Crippen molar-refractivity contribution in [3.8, 4) is 0 Å². The molecule has 0 fully saturated rings. The van der Waals surface area contributed by atoms with Gasteiger partial charge >= 0.3 is 6.09 Å². The molecule has 0 unspecified atom stereocenters. The van der Waals surface area contributed by atoms with Crippen LogP contribution in [-0.2, 0) is 16.0 Å². The molecule has 0 radical (unpaired) electrons. The fourth-order valence-electron chi connectivity index (χ4n) is 2.63. The van der Waals surface area contributed by atoms with E-state index in [0.717, 1.165) is 22.1 Å². The predicted octanol–water partition coefficient (Wildman–Crippen LogP) is 3.59. The molecule has 1 aromatic heterocycles. The molecule has 2 rings (SSSR count). The van der Waals surface area contributed by atoms with E-state index >= 15 is 0 Å². The summed E-state index contributed by atoms with van der Waals surface area (Å²) < 4.78 is 4.67. The maximum absolute atomic E-state index is 12.3. The molecule has 7 nitrogen and oxygen atoms in total. The molecule has 8 heteroatoms. The lowest BCUT2D eigenvalue weighted by Gasteiger charge is -2.16. The zero-order valence-corrected chi connectivity index (χ0v) is 17.0. The van der Waals surface area contributed by atoms with Crippen molar-refractivity contribution in [1.82, 2.24) is 9.97 Å². The first-order valence-corrected chi connectivity index (χ1v) is 9.68. The SMILES string of the molecule is COC(=O)N(C)c1ccc(NC(=O)CCc2c(C)nc(SC)nc2C)cc1. The average Bonchev–Trinajstić information content (AvgIpc) is 2.66. The predicted molar refractivity (Wildman–Crippen MR) is 107 cm³/mol. The van der Waals surface area contributed by atoms with Crippen molar-refractivity contribution in [2.45, 2.75) is 31.8 Å². The van der Waals surface area contributed by atoms with Crippen molar-refractivity contribution in [3.63, 3.8) is 0 Å². The number of thioether (sulfide) groups is 1. The molecule has 144 valence electrons. The minimum Gasteiger partial charge on any atom is -0.452 e. The van der Waals surface area contributed by atoms with Gasteiger partial charge in [0.15, 0.2) is 5.16 Å². The zero-order chi connectivity index (χ0) is 20.0. The monoisotopic (exact) mass is 388 g/mol. The number of aromatic nitrogens is 2. The first-order valence-electron chi connectivity index (χ1n) is 8.45. The van der Waals surface area contributed by atoms with Gasteiger partial charge in [-0.2, -0.15) is 0 Å². The first kappa shape index (κ1) is 20.7. The van der Waals surface area contributed by atoms with Gasteiger partial charge in [-0.25, -0.2) is 14.8 Å². The number of carbonyl (C=O) groups excluding carboxylic acids is 2. The van der Waals surface area contributed by atoms with Crippen LogP contribution in [-0.4, -0.2) is 42.4 Å². The quantitative estimate of drug-likeness (QED) is 0.601. The summed E-state index contributed by atoms with van der Waals surface area (Å²) in [6.45, 7) is 3.89. The molecule has 0 spiro atoms. The van der Waals surface area contributed by atoms with Crippen LogP contribution in [0.15, 0.2) is 29.4 Å². The van der Waals surface area contributed by atoms with Gasteiger partial charge in [0.05, 0.1) is 7.11 Å². The van der Waals surface area contributed by atoms with Crippen LogP contribution < -0.4 is 10.2 Å². The summed E-state index contributed by atoms with van der Waals surface area (Å²) in [6, 6.07) is 6.99. The molecule has 0 bridgehead atoms. The van der Waals surface area contributed by atoms with Crippen LogP contribution in [0, 0.1) is 13.8 Å². The molecule has 0 aliphatic rings. The van der Waals surface area contributed by atoms with Crippen molar-refractivity contribution >= 4 is 35.1 Å². The third-order valence-corrected chi connectivity index (χ3v) is 4.72. The Balaban J connectivity index is 1.95. The van der Waals surface area contributed by atoms with Crippen LogP contribution >= 0.6 is 11.8 Å². The number of anilines is 2. The van der Waals surface area contributed by atoms with Crippen LogP contribution in [0.2, 0.25) is 0 Å². The van der Waals surface area contributed by atoms with Crippen LogP contribution in [0.1, 0.15) is 23.4 Å². The molecule has 2 aromatic rings. The highest BCUT2D eigenvalue weighted by Crippen LogP contribution is 2.19. The van der Waals surface area contributed by atoms with Crippen molar-refractivity contribution in [2.75, 3.05) is 30.6 Å². The van der Waals surface area contributed by atoms with E-state index in [0.29, 0.717) is 24.2 Å². The van der Waals surface area contributed by atoms with E-state index in [1.807, 2.05) is 20.1 Å². The Morgan fingerprint density at radius 2 is 1.74 bits per heavy atom. The summed E-state index contributed by atoms with van der Waals surface area (Å²) in [4.78, 5) is 34.0. The largest absolute Gasteiger partial charge is 0.452 e. The second-order valence-corrected chi connectivity index (χ2v) is 6.76. The summed E-state index contributed by atoms with van der Waals surface area (Å²) in [7, 11) is 2.95. The van der Waals surface area contributed by atoms with Crippen LogP contribution in [0.25, 0.3) is 0 Å². The molecular weight excluding hydrogens is 364 g/mol. The third kappa shape index (κ3) is 5.43. The molecular formula is C19H24N4O3S. The first-order chi connectivity index (χ1) is 12.8. The van der Waals surface area contributed by atoms with Gasteiger partial charge in [0.2, 0.25) is 5.91 Å². The molecule has 1 aromatic carbocycles. The highest BCUT2D eigenvalue weighted by molar-refractivity contribution is 7.98. The number of ether oxygens (including phenoxy) is 1. The molecule has 1 N–H and O–H groups in total. The summed E-state index contributed by atoms with van der Waals surface area (Å²) >= 11 is 1.50. The van der Waals surface area contributed by atoms with Crippen LogP contribution in [0.4, 0.5) is 16.2 Å². The van der Waals surface area contributed by atoms with Crippen molar-refractivity contribution in [3.05, 3.63) is 41.2 Å². The Kier molecular flexibility index (Phi) is 7.18. The number of nitrogens with zero attached hydrogens (tertiary/aromatic N) is 3. The Labute approximate surface area is 163 Å². The molecule has 0 atom stereocenters. The van der Waals surface area contributed by atoms with E-state index in [2.05, 4.69) is 20.0 Å². The van der Waals surface area contributed by atoms with Gasteiger partial charge < -0.3 is 10.1 Å². The lowest BCUT2D eigenvalue weighted by atomic mass is 10.1. The smallest absolute Gasteiger partial charge is 0.413 e. The van der Waals surface area contributed by atoms with Gasteiger partial charge in [-0.05, 0) is 56.4 Å². The Morgan fingerprint density at radius 3 is 2.26 bits per heavy atom. The molecule has 0 saturated heterocycles. The number of benzene rings is 1. The van der Waals surface area contributed by atoms with E-state index in [9.17, 15) is 9.59 Å². The number of methoxy groups -OCH3 is 1. The van der Waals surface area contributed by atoms with Crippen LogP contribution in [0.5, 0.6) is 0 Å². The van der Waals surface area contributed by atoms with Gasteiger partial charge in [-0.3, -0.25) is 9.69 Å². The summed E-state index contributed by atoms with van der Waals surface area (Å²) in [5.74, 6) is -0.0863. The molecule has 0 saturated carbocycles. The number of carbonyl (C=O) groups is 2. The average molecular weight is 388 g/mol. The van der Waals surface area contributed by atoms with Gasteiger partial charge in [0.1, 0.15) is 0 Å². The highest BCUT2D eigenvalue weighted by Gasteiger charge is 2.12. The number of rotatable bonds is 6. The molecule has 2 amide bonds.